The van der Waals surface area contributed by atoms with Crippen molar-refractivity contribution in [2.24, 2.45) is 0 Å². The van der Waals surface area contributed by atoms with Crippen LogP contribution in [0.25, 0.3) is 0 Å². The van der Waals surface area contributed by atoms with E-state index >= 15 is 0 Å². The Bertz CT molecular complexity index is 974. The number of rotatable bonds is 5. The van der Waals surface area contributed by atoms with Crippen LogP contribution in [-0.4, -0.2) is 57.8 Å². The normalized spacial score (nSPS) is 17.2. The predicted octanol–water partition coefficient (Wildman–Crippen LogP) is 3.23. The lowest BCUT2D eigenvalue weighted by molar-refractivity contribution is 0.0790. The SMILES string of the molecule is COc1ccc(C2CCN(C(=O)c3cc(S(=O)(=O)N(C)C)ccc3Cl)C2)cc1. The first-order chi connectivity index (χ1) is 13.2. The van der Waals surface area contributed by atoms with E-state index in [1.807, 2.05) is 24.3 Å². The van der Waals surface area contributed by atoms with E-state index in [1.165, 1.54) is 32.3 Å². The molecular weight excluding hydrogens is 400 g/mol. The molecule has 1 saturated heterocycles. The highest BCUT2D eigenvalue weighted by Crippen LogP contribution is 2.31. The molecule has 0 spiro atoms. The predicted molar refractivity (Wildman–Crippen MR) is 109 cm³/mol. The van der Waals surface area contributed by atoms with Gasteiger partial charge in [0, 0.05) is 33.1 Å². The summed E-state index contributed by atoms with van der Waals surface area (Å²) >= 11 is 6.22. The fourth-order valence-electron chi connectivity index (χ4n) is 3.30. The number of sulfonamides is 1. The van der Waals surface area contributed by atoms with Crippen molar-refractivity contribution in [1.82, 2.24) is 9.21 Å². The molecule has 8 heteroatoms. The summed E-state index contributed by atoms with van der Waals surface area (Å²) in [6, 6.07) is 12.1. The van der Waals surface area contributed by atoms with E-state index in [0.717, 1.165) is 22.0 Å². The number of ether oxygens (including phenoxy) is 1. The molecule has 1 unspecified atom stereocenters. The van der Waals surface area contributed by atoms with Gasteiger partial charge in [0.2, 0.25) is 10.0 Å². The number of methoxy groups -OCH3 is 1. The lowest BCUT2D eigenvalue weighted by Crippen LogP contribution is -2.29. The van der Waals surface area contributed by atoms with Crippen LogP contribution in [0.3, 0.4) is 0 Å². The van der Waals surface area contributed by atoms with Crippen LogP contribution < -0.4 is 4.74 Å². The number of hydrogen-bond donors (Lipinski definition) is 0. The molecule has 0 N–H and O–H groups in total. The van der Waals surface area contributed by atoms with Gasteiger partial charge in [0.05, 0.1) is 22.6 Å². The van der Waals surface area contributed by atoms with Crippen molar-refractivity contribution in [2.75, 3.05) is 34.3 Å². The van der Waals surface area contributed by atoms with Crippen LogP contribution in [0.15, 0.2) is 47.4 Å². The second-order valence-corrected chi connectivity index (χ2v) is 9.50. The highest BCUT2D eigenvalue weighted by Gasteiger charge is 2.30. The van der Waals surface area contributed by atoms with Crippen molar-refractivity contribution in [3.05, 3.63) is 58.6 Å². The number of halogens is 1. The van der Waals surface area contributed by atoms with E-state index < -0.39 is 10.0 Å². The van der Waals surface area contributed by atoms with Crippen molar-refractivity contribution in [2.45, 2.75) is 17.2 Å². The molecule has 0 bridgehead atoms. The van der Waals surface area contributed by atoms with E-state index in [4.69, 9.17) is 16.3 Å². The van der Waals surface area contributed by atoms with Crippen molar-refractivity contribution < 1.29 is 17.9 Å². The van der Waals surface area contributed by atoms with Gasteiger partial charge in [0.15, 0.2) is 0 Å². The van der Waals surface area contributed by atoms with Crippen LogP contribution in [0.5, 0.6) is 5.75 Å². The smallest absolute Gasteiger partial charge is 0.255 e. The Morgan fingerprint density at radius 2 is 1.86 bits per heavy atom. The molecule has 1 amide bonds. The molecule has 2 aromatic rings. The first-order valence-electron chi connectivity index (χ1n) is 8.89. The Morgan fingerprint density at radius 1 is 1.18 bits per heavy atom. The second-order valence-electron chi connectivity index (χ2n) is 6.94. The average molecular weight is 423 g/mol. The van der Waals surface area contributed by atoms with E-state index in [0.29, 0.717) is 13.1 Å². The maximum atomic E-state index is 13.0. The summed E-state index contributed by atoms with van der Waals surface area (Å²) < 4.78 is 31.0. The lowest BCUT2D eigenvalue weighted by atomic mass is 9.98. The van der Waals surface area contributed by atoms with E-state index in [1.54, 1.807) is 12.0 Å². The molecule has 0 aromatic heterocycles. The number of benzene rings is 2. The van der Waals surface area contributed by atoms with Crippen LogP contribution in [0.4, 0.5) is 0 Å². The molecule has 2 aromatic carbocycles. The zero-order chi connectivity index (χ0) is 20.5. The quantitative estimate of drug-likeness (QED) is 0.741. The molecule has 1 atom stereocenters. The molecule has 0 radical (unpaired) electrons. The molecule has 3 rings (SSSR count). The summed E-state index contributed by atoms with van der Waals surface area (Å²) in [6.45, 7) is 1.16. The van der Waals surface area contributed by atoms with Crippen molar-refractivity contribution >= 4 is 27.5 Å². The topological polar surface area (TPSA) is 66.9 Å². The van der Waals surface area contributed by atoms with Crippen LogP contribution in [0.1, 0.15) is 28.3 Å². The van der Waals surface area contributed by atoms with Gasteiger partial charge in [-0.15, -0.1) is 0 Å². The zero-order valence-electron chi connectivity index (χ0n) is 16.1. The number of nitrogens with zero attached hydrogens (tertiary/aromatic N) is 2. The van der Waals surface area contributed by atoms with Gasteiger partial charge in [-0.2, -0.15) is 0 Å². The van der Waals surface area contributed by atoms with E-state index in [9.17, 15) is 13.2 Å². The molecule has 150 valence electrons. The molecule has 0 saturated carbocycles. The Kier molecular flexibility index (Phi) is 5.98. The Balaban J connectivity index is 1.81. The fourth-order valence-corrected chi connectivity index (χ4v) is 4.43. The number of amides is 1. The molecule has 28 heavy (non-hydrogen) atoms. The highest BCUT2D eigenvalue weighted by molar-refractivity contribution is 7.89. The number of carbonyl (C=O) groups excluding carboxylic acids is 1. The summed E-state index contributed by atoms with van der Waals surface area (Å²) in [5.41, 5.74) is 1.35. The van der Waals surface area contributed by atoms with Crippen LogP contribution in [-0.2, 0) is 10.0 Å². The van der Waals surface area contributed by atoms with Crippen molar-refractivity contribution in [1.29, 1.82) is 0 Å². The molecule has 1 heterocycles. The van der Waals surface area contributed by atoms with Gasteiger partial charge < -0.3 is 9.64 Å². The van der Waals surface area contributed by atoms with Gasteiger partial charge in [-0.25, -0.2) is 12.7 Å². The molecule has 1 fully saturated rings. The molecular formula is C20H23ClN2O4S. The summed E-state index contributed by atoms with van der Waals surface area (Å²) in [7, 11) is 0.882. The Morgan fingerprint density at radius 3 is 2.46 bits per heavy atom. The van der Waals surface area contributed by atoms with Crippen molar-refractivity contribution in [3.8, 4) is 5.75 Å². The molecule has 6 nitrogen and oxygen atoms in total. The summed E-state index contributed by atoms with van der Waals surface area (Å²) in [5.74, 6) is 0.763. The number of carbonyl (C=O) groups is 1. The standard InChI is InChI=1S/C20H23ClN2O4S/c1-22(2)28(25,26)17-8-9-19(21)18(12-17)20(24)23-11-10-15(13-23)14-4-6-16(27-3)7-5-14/h4-9,12,15H,10-11,13H2,1-3H3. The van der Waals surface area contributed by atoms with Crippen LogP contribution in [0.2, 0.25) is 5.02 Å². The molecule has 1 aliphatic heterocycles. The Hall–Kier alpha value is -2.09. The Labute approximate surface area is 170 Å². The molecule has 1 aliphatic rings. The van der Waals surface area contributed by atoms with E-state index in [2.05, 4.69) is 0 Å². The monoisotopic (exact) mass is 422 g/mol. The third-order valence-electron chi connectivity index (χ3n) is 5.01. The summed E-state index contributed by atoms with van der Waals surface area (Å²) in [5, 5.41) is 0.246. The first-order valence-corrected chi connectivity index (χ1v) is 10.7. The third-order valence-corrected chi connectivity index (χ3v) is 7.15. The van der Waals surface area contributed by atoms with Gasteiger partial charge in [-0.05, 0) is 42.3 Å². The summed E-state index contributed by atoms with van der Waals surface area (Å²) in [4.78, 5) is 14.8. The maximum absolute atomic E-state index is 13.0. The van der Waals surface area contributed by atoms with Crippen LogP contribution >= 0.6 is 11.6 Å². The number of likely N-dealkylation sites (tertiary alicyclic amines) is 1. The fraction of sp³-hybridized carbons (Fsp3) is 0.350. The zero-order valence-corrected chi connectivity index (χ0v) is 17.6. The van der Waals surface area contributed by atoms with E-state index in [-0.39, 0.29) is 27.3 Å². The lowest BCUT2D eigenvalue weighted by Gasteiger charge is -2.19. The van der Waals surface area contributed by atoms with Gasteiger partial charge in [0.1, 0.15) is 5.75 Å². The van der Waals surface area contributed by atoms with Gasteiger partial charge in [0.25, 0.3) is 5.91 Å². The van der Waals surface area contributed by atoms with Gasteiger partial charge >= 0.3 is 0 Å². The number of hydrogen-bond acceptors (Lipinski definition) is 4. The minimum atomic E-state index is -3.64. The molecule has 0 aliphatic carbocycles. The average Bonchev–Trinajstić information content (AvgIpc) is 3.17. The highest BCUT2D eigenvalue weighted by atomic mass is 35.5. The van der Waals surface area contributed by atoms with Crippen molar-refractivity contribution in [3.63, 3.8) is 0 Å². The largest absolute Gasteiger partial charge is 0.497 e. The maximum Gasteiger partial charge on any atom is 0.255 e. The summed E-state index contributed by atoms with van der Waals surface area (Å²) in [6.07, 6.45) is 0.839. The first kappa shape index (κ1) is 20.6. The minimum Gasteiger partial charge on any atom is -0.497 e. The minimum absolute atomic E-state index is 0.0520. The van der Waals surface area contributed by atoms with Crippen LogP contribution in [0, 0.1) is 0 Å². The second kappa shape index (κ2) is 8.11. The third kappa shape index (κ3) is 4.01. The van der Waals surface area contributed by atoms with Gasteiger partial charge in [-0.3, -0.25) is 4.79 Å². The van der Waals surface area contributed by atoms with Gasteiger partial charge in [-0.1, -0.05) is 23.7 Å².